The molecule has 3 aromatic rings. The Bertz CT molecular complexity index is 954. The summed E-state index contributed by atoms with van der Waals surface area (Å²) in [4.78, 5) is 22.2. The van der Waals surface area contributed by atoms with Gasteiger partial charge in [0.1, 0.15) is 5.41 Å². The van der Waals surface area contributed by atoms with Gasteiger partial charge in [-0.25, -0.2) is 0 Å². The Morgan fingerprint density at radius 1 is 1.00 bits per heavy atom. The van der Waals surface area contributed by atoms with E-state index in [1.165, 1.54) is 6.92 Å². The summed E-state index contributed by atoms with van der Waals surface area (Å²) in [6.07, 6.45) is 0.210. The van der Waals surface area contributed by atoms with Crippen LogP contribution in [0.25, 0.3) is 10.8 Å². The molecule has 0 saturated heterocycles. The summed E-state index contributed by atoms with van der Waals surface area (Å²) in [7, 11) is -2.71. The molecule has 0 amide bonds. The molecule has 3 aromatic carbocycles. The highest BCUT2D eigenvalue weighted by Gasteiger charge is 2.53. The molecule has 0 spiro atoms. The van der Waals surface area contributed by atoms with Gasteiger partial charge in [0.15, 0.2) is 0 Å². The van der Waals surface area contributed by atoms with Crippen molar-refractivity contribution in [3.8, 4) is 0 Å². The monoisotopic (exact) mass is 367 g/mol. The van der Waals surface area contributed by atoms with Crippen LogP contribution in [0.2, 0.25) is 0 Å². The molecule has 3 atom stereocenters. The van der Waals surface area contributed by atoms with Crippen LogP contribution in [0.1, 0.15) is 18.1 Å². The van der Waals surface area contributed by atoms with E-state index >= 15 is 0 Å². The molecule has 0 fully saturated rings. The fourth-order valence-electron chi connectivity index (χ4n) is 3.31. The molecule has 0 aliphatic rings. The van der Waals surface area contributed by atoms with E-state index in [4.69, 9.17) is 0 Å². The molecule has 4 nitrogen and oxygen atoms in total. The van der Waals surface area contributed by atoms with Gasteiger partial charge in [-0.3, -0.25) is 4.79 Å². The third kappa shape index (κ3) is 3.39. The zero-order valence-electron chi connectivity index (χ0n) is 14.4. The van der Waals surface area contributed by atoms with Gasteiger partial charge in [-0.15, -0.1) is 0 Å². The number of hydrogen-bond acceptors (Lipinski definition) is 2. The Balaban J connectivity index is 2.11. The van der Waals surface area contributed by atoms with Crippen LogP contribution in [-0.2, 0) is 21.2 Å². The van der Waals surface area contributed by atoms with Crippen LogP contribution in [-0.4, -0.2) is 21.6 Å². The standard InChI is InChI=1S/C21H19O4P/c1-21(20(22)23,18-12-11-16-9-5-6-10-17(16)14-18)19(26(24)25)13-15-7-3-2-4-8-15/h2-12,14,19H,13H2,1H3,(H-,22,23,24,25)/p+1. The molecule has 3 rings (SSSR count). The van der Waals surface area contributed by atoms with Crippen molar-refractivity contribution in [1.29, 1.82) is 0 Å². The Morgan fingerprint density at radius 3 is 2.23 bits per heavy atom. The van der Waals surface area contributed by atoms with Crippen LogP contribution >= 0.6 is 8.03 Å². The highest BCUT2D eigenvalue weighted by Crippen LogP contribution is 2.43. The predicted octanol–water partition coefficient (Wildman–Crippen LogP) is 4.53. The maximum absolute atomic E-state index is 12.3. The van der Waals surface area contributed by atoms with Crippen LogP contribution in [0.5, 0.6) is 0 Å². The minimum absolute atomic E-state index is 0.210. The second-order valence-electron chi connectivity index (χ2n) is 6.58. The van der Waals surface area contributed by atoms with Crippen LogP contribution in [0.4, 0.5) is 0 Å². The van der Waals surface area contributed by atoms with Gasteiger partial charge in [0.2, 0.25) is 5.66 Å². The minimum atomic E-state index is -2.71. The van der Waals surface area contributed by atoms with Crippen molar-refractivity contribution in [2.45, 2.75) is 24.4 Å². The van der Waals surface area contributed by atoms with E-state index < -0.39 is 25.1 Å². The lowest BCUT2D eigenvalue weighted by molar-refractivity contribution is -0.143. The average molecular weight is 367 g/mol. The molecule has 2 N–H and O–H groups in total. The summed E-state index contributed by atoms with van der Waals surface area (Å²) < 4.78 is 12.2. The summed E-state index contributed by atoms with van der Waals surface area (Å²) in [6.45, 7) is 1.54. The Morgan fingerprint density at radius 2 is 1.62 bits per heavy atom. The molecule has 0 aromatic heterocycles. The van der Waals surface area contributed by atoms with Crippen molar-refractivity contribution in [2.75, 3.05) is 0 Å². The minimum Gasteiger partial charge on any atom is -0.480 e. The molecule has 5 heteroatoms. The fraction of sp³-hybridized carbons (Fsp3) is 0.190. The van der Waals surface area contributed by atoms with E-state index in [0.29, 0.717) is 5.56 Å². The predicted molar refractivity (Wildman–Crippen MR) is 103 cm³/mol. The van der Waals surface area contributed by atoms with Gasteiger partial charge in [0, 0.05) is 6.42 Å². The number of aliphatic carboxylic acids is 1. The number of carboxylic acids is 1. The van der Waals surface area contributed by atoms with Crippen LogP contribution < -0.4 is 0 Å². The third-order valence-electron chi connectivity index (χ3n) is 5.00. The zero-order chi connectivity index (χ0) is 18.7. The second-order valence-corrected chi connectivity index (χ2v) is 7.81. The molecule has 0 aliphatic carbocycles. The van der Waals surface area contributed by atoms with Crippen LogP contribution in [0.3, 0.4) is 0 Å². The first kappa shape index (κ1) is 18.2. The Kier molecular flexibility index (Phi) is 5.17. The highest BCUT2D eigenvalue weighted by molar-refractivity contribution is 7.39. The zero-order valence-corrected chi connectivity index (χ0v) is 15.3. The smallest absolute Gasteiger partial charge is 0.480 e. The maximum Gasteiger partial charge on any atom is 0.510 e. The van der Waals surface area contributed by atoms with E-state index in [1.54, 1.807) is 12.1 Å². The highest BCUT2D eigenvalue weighted by atomic mass is 31.1. The molecule has 0 aliphatic heterocycles. The number of benzene rings is 3. The van der Waals surface area contributed by atoms with Crippen molar-refractivity contribution in [1.82, 2.24) is 0 Å². The van der Waals surface area contributed by atoms with Crippen molar-refractivity contribution in [3.63, 3.8) is 0 Å². The molecule has 3 unspecified atom stereocenters. The van der Waals surface area contributed by atoms with Gasteiger partial charge in [-0.05, 0) is 39.5 Å². The van der Waals surface area contributed by atoms with Gasteiger partial charge in [-0.2, -0.15) is 4.89 Å². The topological polar surface area (TPSA) is 74.6 Å². The number of hydrogen-bond donors (Lipinski definition) is 2. The number of carbonyl (C=O) groups is 1. The number of fused-ring (bicyclic) bond motifs is 1. The van der Waals surface area contributed by atoms with Crippen LogP contribution in [0.15, 0.2) is 72.8 Å². The first-order chi connectivity index (χ1) is 12.4. The molecular formula is C21H20O4P+. The van der Waals surface area contributed by atoms with Gasteiger partial charge in [-0.1, -0.05) is 66.7 Å². The Hall–Kier alpha value is -2.55. The van der Waals surface area contributed by atoms with Crippen molar-refractivity contribution >= 4 is 24.8 Å². The summed E-state index contributed by atoms with van der Waals surface area (Å²) in [5.74, 6) is -1.11. The third-order valence-corrected chi connectivity index (χ3v) is 6.23. The van der Waals surface area contributed by atoms with Crippen molar-refractivity contribution in [3.05, 3.63) is 83.9 Å². The van der Waals surface area contributed by atoms with E-state index in [2.05, 4.69) is 0 Å². The first-order valence-corrected chi connectivity index (χ1v) is 9.63. The van der Waals surface area contributed by atoms with Gasteiger partial charge >= 0.3 is 14.0 Å². The number of carboxylic acid groups (broad SMARTS) is 1. The second kappa shape index (κ2) is 7.36. The summed E-state index contributed by atoms with van der Waals surface area (Å²) >= 11 is 0. The quantitative estimate of drug-likeness (QED) is 0.628. The lowest BCUT2D eigenvalue weighted by Crippen LogP contribution is -2.43. The lowest BCUT2D eigenvalue weighted by atomic mass is 9.76. The van der Waals surface area contributed by atoms with Gasteiger partial charge in [0.05, 0.1) is 0 Å². The SMILES string of the molecule is CC(C(=O)O)(c1ccc2ccccc2c1)C(Cc1ccccc1)[P+](=O)O. The van der Waals surface area contributed by atoms with E-state index in [9.17, 15) is 19.4 Å². The van der Waals surface area contributed by atoms with Crippen LogP contribution in [0, 0.1) is 0 Å². The van der Waals surface area contributed by atoms with Crippen molar-refractivity contribution < 1.29 is 19.4 Å². The fourth-order valence-corrected chi connectivity index (χ4v) is 4.38. The molecular weight excluding hydrogens is 347 g/mol. The summed E-state index contributed by atoms with van der Waals surface area (Å²) in [5, 5.41) is 11.9. The summed E-state index contributed by atoms with van der Waals surface area (Å²) in [5.41, 5.74) is -1.06. The molecule has 0 bridgehead atoms. The van der Waals surface area contributed by atoms with Gasteiger partial charge < -0.3 is 5.11 Å². The molecule has 0 heterocycles. The van der Waals surface area contributed by atoms with E-state index in [0.717, 1.165) is 16.3 Å². The molecule has 0 saturated carbocycles. The van der Waals surface area contributed by atoms with E-state index in [-0.39, 0.29) is 6.42 Å². The van der Waals surface area contributed by atoms with Crippen molar-refractivity contribution in [2.24, 2.45) is 0 Å². The lowest BCUT2D eigenvalue weighted by Gasteiger charge is -2.27. The maximum atomic E-state index is 12.3. The Labute approximate surface area is 153 Å². The first-order valence-electron chi connectivity index (χ1n) is 8.35. The molecule has 0 radical (unpaired) electrons. The van der Waals surface area contributed by atoms with E-state index in [1.807, 2.05) is 60.7 Å². The molecule has 26 heavy (non-hydrogen) atoms. The number of rotatable bonds is 6. The van der Waals surface area contributed by atoms with Gasteiger partial charge in [0.25, 0.3) is 0 Å². The largest absolute Gasteiger partial charge is 0.510 e. The summed E-state index contributed by atoms with van der Waals surface area (Å²) in [6, 6.07) is 22.3. The normalized spacial score (nSPS) is 15.2. The molecule has 132 valence electrons. The average Bonchev–Trinajstić information content (AvgIpc) is 2.65.